The average molecular weight is 291 g/mol. The highest BCUT2D eigenvalue weighted by Crippen LogP contribution is 2.32. The number of benzene rings is 1. The first-order valence-electron chi connectivity index (χ1n) is 6.71. The second-order valence-electron chi connectivity index (χ2n) is 5.26. The van der Waals surface area contributed by atoms with Crippen LogP contribution in [0.5, 0.6) is 0 Å². The smallest absolute Gasteiger partial charge is 0.282 e. The van der Waals surface area contributed by atoms with Gasteiger partial charge in [-0.1, -0.05) is 12.1 Å². The molecule has 0 saturated heterocycles. The van der Waals surface area contributed by atoms with Gasteiger partial charge in [0.25, 0.3) is 11.6 Å². The fourth-order valence-corrected chi connectivity index (χ4v) is 2.20. The number of nitrogens with two attached hydrogens (primary N) is 1. The van der Waals surface area contributed by atoms with Gasteiger partial charge in [0, 0.05) is 12.1 Å². The SMILES string of the molecule is Cc1cccc([N+](=O)[O-])c1C(=O)N(C(=O)[C@H](C)N)C1CC1. The zero-order chi connectivity index (χ0) is 15.7. The van der Waals surface area contributed by atoms with E-state index in [-0.39, 0.29) is 17.3 Å². The Balaban J connectivity index is 2.47. The van der Waals surface area contributed by atoms with Gasteiger partial charge < -0.3 is 5.73 Å². The highest BCUT2D eigenvalue weighted by molar-refractivity contribution is 6.09. The molecule has 2 rings (SSSR count). The maximum atomic E-state index is 12.7. The number of aryl methyl sites for hydroxylation is 1. The Morgan fingerprint density at radius 1 is 1.43 bits per heavy atom. The summed E-state index contributed by atoms with van der Waals surface area (Å²) in [6, 6.07) is 3.37. The number of hydrogen-bond acceptors (Lipinski definition) is 5. The van der Waals surface area contributed by atoms with Gasteiger partial charge in [-0.25, -0.2) is 0 Å². The van der Waals surface area contributed by atoms with Crippen LogP contribution in [0.4, 0.5) is 5.69 Å². The fourth-order valence-electron chi connectivity index (χ4n) is 2.20. The molecule has 21 heavy (non-hydrogen) atoms. The number of carbonyl (C=O) groups is 2. The maximum absolute atomic E-state index is 12.7. The maximum Gasteiger partial charge on any atom is 0.282 e. The van der Waals surface area contributed by atoms with Gasteiger partial charge >= 0.3 is 0 Å². The Kier molecular flexibility index (Phi) is 4.04. The number of amides is 2. The van der Waals surface area contributed by atoms with Gasteiger partial charge in [0.1, 0.15) is 5.56 Å². The van der Waals surface area contributed by atoms with E-state index in [0.717, 1.165) is 4.90 Å². The quantitative estimate of drug-likeness (QED) is 0.666. The van der Waals surface area contributed by atoms with Crippen molar-refractivity contribution in [1.82, 2.24) is 4.90 Å². The zero-order valence-corrected chi connectivity index (χ0v) is 11.9. The lowest BCUT2D eigenvalue weighted by atomic mass is 10.0. The van der Waals surface area contributed by atoms with Crippen LogP contribution in [0.15, 0.2) is 18.2 Å². The second-order valence-corrected chi connectivity index (χ2v) is 5.26. The molecule has 1 atom stereocenters. The Morgan fingerprint density at radius 3 is 2.52 bits per heavy atom. The van der Waals surface area contributed by atoms with Gasteiger partial charge in [-0.15, -0.1) is 0 Å². The van der Waals surface area contributed by atoms with Crippen LogP contribution in [0, 0.1) is 17.0 Å². The highest BCUT2D eigenvalue weighted by atomic mass is 16.6. The van der Waals surface area contributed by atoms with E-state index in [1.807, 2.05) is 0 Å². The molecule has 0 spiro atoms. The highest BCUT2D eigenvalue weighted by Gasteiger charge is 2.40. The number of imide groups is 1. The molecule has 0 aromatic heterocycles. The van der Waals surface area contributed by atoms with Gasteiger partial charge in [0.2, 0.25) is 5.91 Å². The summed E-state index contributed by atoms with van der Waals surface area (Å²) < 4.78 is 0. The molecule has 0 bridgehead atoms. The fraction of sp³-hybridized carbons (Fsp3) is 0.429. The Labute approximate surface area is 121 Å². The summed E-state index contributed by atoms with van der Waals surface area (Å²) in [5, 5.41) is 11.1. The normalized spacial score (nSPS) is 15.4. The van der Waals surface area contributed by atoms with E-state index in [9.17, 15) is 19.7 Å². The molecule has 1 fully saturated rings. The number of nitrogens with zero attached hydrogens (tertiary/aromatic N) is 2. The van der Waals surface area contributed by atoms with E-state index >= 15 is 0 Å². The number of nitro groups is 1. The number of carbonyl (C=O) groups excluding carboxylic acids is 2. The molecule has 2 N–H and O–H groups in total. The van der Waals surface area contributed by atoms with Crippen LogP contribution in [0.1, 0.15) is 35.7 Å². The standard InChI is InChI=1S/C14H17N3O4/c1-8-4-3-5-11(17(20)21)12(8)14(19)16(10-6-7-10)13(18)9(2)15/h3-5,9-10H,6-7,15H2,1-2H3/t9-/m0/s1. The van der Waals surface area contributed by atoms with Crippen molar-refractivity contribution < 1.29 is 14.5 Å². The average Bonchev–Trinajstić information content (AvgIpc) is 3.22. The first-order valence-corrected chi connectivity index (χ1v) is 6.71. The number of hydrogen-bond donors (Lipinski definition) is 1. The molecule has 1 aliphatic carbocycles. The largest absolute Gasteiger partial charge is 0.320 e. The van der Waals surface area contributed by atoms with Gasteiger partial charge in [-0.3, -0.25) is 24.6 Å². The summed E-state index contributed by atoms with van der Waals surface area (Å²) in [6.07, 6.45) is 1.42. The van der Waals surface area contributed by atoms with E-state index in [0.29, 0.717) is 18.4 Å². The van der Waals surface area contributed by atoms with Crippen molar-refractivity contribution in [1.29, 1.82) is 0 Å². The second kappa shape index (κ2) is 5.61. The minimum Gasteiger partial charge on any atom is -0.320 e. The summed E-state index contributed by atoms with van der Waals surface area (Å²) in [7, 11) is 0. The Bertz CT molecular complexity index is 608. The van der Waals surface area contributed by atoms with Gasteiger partial charge in [-0.05, 0) is 32.3 Å². The molecule has 1 aliphatic rings. The van der Waals surface area contributed by atoms with Crippen LogP contribution in [-0.4, -0.2) is 33.7 Å². The molecule has 1 saturated carbocycles. The summed E-state index contributed by atoms with van der Waals surface area (Å²) >= 11 is 0. The van der Waals surface area contributed by atoms with Crippen LogP contribution in [0.25, 0.3) is 0 Å². The lowest BCUT2D eigenvalue weighted by Gasteiger charge is -2.23. The molecule has 0 heterocycles. The van der Waals surface area contributed by atoms with Crippen LogP contribution in [-0.2, 0) is 4.79 Å². The molecule has 1 aromatic carbocycles. The molecule has 2 amide bonds. The van der Waals surface area contributed by atoms with Crippen LogP contribution < -0.4 is 5.73 Å². The molecule has 7 nitrogen and oxygen atoms in total. The van der Waals surface area contributed by atoms with Crippen molar-refractivity contribution in [2.45, 2.75) is 38.8 Å². The van der Waals surface area contributed by atoms with Crippen LogP contribution in [0.3, 0.4) is 0 Å². The number of nitro benzene ring substituents is 1. The summed E-state index contributed by atoms with van der Waals surface area (Å²) in [5.74, 6) is -1.13. The van der Waals surface area contributed by atoms with E-state index in [2.05, 4.69) is 0 Å². The summed E-state index contributed by atoms with van der Waals surface area (Å²) in [5.41, 5.74) is 5.72. The minimum atomic E-state index is -0.822. The predicted octanol–water partition coefficient (Wildman–Crippen LogP) is 1.38. The van der Waals surface area contributed by atoms with Gasteiger partial charge in [-0.2, -0.15) is 0 Å². The third kappa shape index (κ3) is 2.92. The minimum absolute atomic E-state index is 0.0385. The predicted molar refractivity (Wildman–Crippen MR) is 75.7 cm³/mol. The van der Waals surface area contributed by atoms with Gasteiger partial charge in [0.05, 0.1) is 11.0 Å². The van der Waals surface area contributed by atoms with Crippen LogP contribution >= 0.6 is 0 Å². The first kappa shape index (κ1) is 15.1. The van der Waals surface area contributed by atoms with Crippen molar-refractivity contribution in [2.75, 3.05) is 0 Å². The first-order chi connectivity index (χ1) is 9.84. The van der Waals surface area contributed by atoms with E-state index in [1.165, 1.54) is 19.1 Å². The molecule has 7 heteroatoms. The van der Waals surface area contributed by atoms with Crippen LogP contribution in [0.2, 0.25) is 0 Å². The van der Waals surface area contributed by atoms with E-state index < -0.39 is 22.8 Å². The third-order valence-corrected chi connectivity index (χ3v) is 3.42. The van der Waals surface area contributed by atoms with Crippen molar-refractivity contribution in [2.24, 2.45) is 5.73 Å². The topological polar surface area (TPSA) is 107 Å². The van der Waals surface area contributed by atoms with E-state index in [4.69, 9.17) is 5.73 Å². The number of rotatable bonds is 4. The Hall–Kier alpha value is -2.28. The molecule has 0 aliphatic heterocycles. The third-order valence-electron chi connectivity index (χ3n) is 3.42. The Morgan fingerprint density at radius 2 is 2.05 bits per heavy atom. The van der Waals surface area contributed by atoms with Crippen molar-refractivity contribution in [3.63, 3.8) is 0 Å². The molecular weight excluding hydrogens is 274 g/mol. The summed E-state index contributed by atoms with van der Waals surface area (Å²) in [6.45, 7) is 3.11. The molecule has 112 valence electrons. The van der Waals surface area contributed by atoms with Gasteiger partial charge in [0.15, 0.2) is 0 Å². The molecule has 0 radical (unpaired) electrons. The van der Waals surface area contributed by atoms with Crippen molar-refractivity contribution >= 4 is 17.5 Å². The monoisotopic (exact) mass is 291 g/mol. The van der Waals surface area contributed by atoms with Crippen molar-refractivity contribution in [3.8, 4) is 0 Å². The summed E-state index contributed by atoms with van der Waals surface area (Å²) in [4.78, 5) is 36.4. The molecular formula is C14H17N3O4. The van der Waals surface area contributed by atoms with Crippen molar-refractivity contribution in [3.05, 3.63) is 39.4 Å². The lowest BCUT2D eigenvalue weighted by Crippen LogP contribution is -2.47. The van der Waals surface area contributed by atoms with E-state index in [1.54, 1.807) is 13.0 Å². The molecule has 0 unspecified atom stereocenters. The molecule has 1 aromatic rings. The zero-order valence-electron chi connectivity index (χ0n) is 11.9. The lowest BCUT2D eigenvalue weighted by molar-refractivity contribution is -0.385.